The van der Waals surface area contributed by atoms with Crippen LogP contribution in [0.5, 0.6) is 0 Å². The average molecular weight is 486 g/mol. The van der Waals surface area contributed by atoms with Crippen LogP contribution < -0.4 is 5.32 Å². The second-order valence-corrected chi connectivity index (χ2v) is 11.4. The Labute approximate surface area is 200 Å². The summed E-state index contributed by atoms with van der Waals surface area (Å²) in [4.78, 5) is 17.6. The lowest BCUT2D eigenvalue weighted by Crippen LogP contribution is -2.30. The number of anilines is 1. The highest BCUT2D eigenvalue weighted by Crippen LogP contribution is 2.29. The second kappa shape index (κ2) is 10.2. The second-order valence-electron chi connectivity index (χ2n) is 8.09. The molecule has 6 nitrogen and oxygen atoms in total. The highest BCUT2D eigenvalue weighted by molar-refractivity contribution is 8.00. The van der Waals surface area contributed by atoms with E-state index in [9.17, 15) is 13.2 Å². The smallest absolute Gasteiger partial charge is 0.243 e. The van der Waals surface area contributed by atoms with Gasteiger partial charge in [0, 0.05) is 24.2 Å². The fourth-order valence-electron chi connectivity index (χ4n) is 3.57. The van der Waals surface area contributed by atoms with Crippen molar-refractivity contribution in [3.8, 4) is 0 Å². The number of pyridine rings is 1. The molecule has 2 aromatic carbocycles. The normalized spacial score (nSPS) is 12.8. The molecule has 1 aromatic heterocycles. The van der Waals surface area contributed by atoms with E-state index < -0.39 is 10.0 Å². The average Bonchev–Trinajstić information content (AvgIpc) is 2.76. The van der Waals surface area contributed by atoms with Crippen molar-refractivity contribution in [1.29, 1.82) is 0 Å². The first-order chi connectivity index (χ1) is 15.6. The number of fused-ring (bicyclic) bond motifs is 1. The van der Waals surface area contributed by atoms with Crippen molar-refractivity contribution in [2.24, 2.45) is 0 Å². The number of thioether (sulfide) groups is 1. The molecule has 0 bridgehead atoms. The summed E-state index contributed by atoms with van der Waals surface area (Å²) >= 11 is 1.38. The summed E-state index contributed by atoms with van der Waals surface area (Å²) in [5.74, 6) is -0.0940. The molecule has 0 aliphatic heterocycles. The quantitative estimate of drug-likeness (QED) is 0.438. The van der Waals surface area contributed by atoms with Crippen LogP contribution in [-0.4, -0.2) is 42.0 Å². The van der Waals surface area contributed by atoms with Crippen LogP contribution in [-0.2, 0) is 14.8 Å². The van der Waals surface area contributed by atoms with Gasteiger partial charge < -0.3 is 5.32 Å². The third kappa shape index (κ3) is 5.57. The van der Waals surface area contributed by atoms with E-state index in [4.69, 9.17) is 0 Å². The SMILES string of the molecule is CCN(CC)S(=O)(=O)c1ccc2nc(SC(C)C(=O)Nc3ccc(C)c(C)c3)cc(C)c2c1. The maximum Gasteiger partial charge on any atom is 0.243 e. The van der Waals surface area contributed by atoms with Gasteiger partial charge in [0.15, 0.2) is 0 Å². The van der Waals surface area contributed by atoms with E-state index in [0.29, 0.717) is 18.6 Å². The van der Waals surface area contributed by atoms with Gasteiger partial charge in [-0.2, -0.15) is 4.31 Å². The molecule has 0 saturated carbocycles. The fourth-order valence-corrected chi connectivity index (χ4v) is 5.98. The van der Waals surface area contributed by atoms with Gasteiger partial charge in [0.1, 0.15) is 0 Å². The van der Waals surface area contributed by atoms with Crippen LogP contribution >= 0.6 is 11.8 Å². The summed E-state index contributed by atoms with van der Waals surface area (Å²) in [5, 5.41) is 4.14. The van der Waals surface area contributed by atoms with Crippen LogP contribution in [0, 0.1) is 20.8 Å². The van der Waals surface area contributed by atoms with Gasteiger partial charge in [-0.3, -0.25) is 4.79 Å². The summed E-state index contributed by atoms with van der Waals surface area (Å²) in [6, 6.07) is 12.8. The summed E-state index contributed by atoms with van der Waals surface area (Å²) in [6.45, 7) is 12.3. The Hall–Kier alpha value is -2.42. The molecule has 0 saturated heterocycles. The molecule has 0 spiro atoms. The summed E-state index contributed by atoms with van der Waals surface area (Å²) in [7, 11) is -3.54. The van der Waals surface area contributed by atoms with Crippen molar-refractivity contribution < 1.29 is 13.2 Å². The zero-order valence-electron chi connectivity index (χ0n) is 20.0. The Balaban J connectivity index is 1.81. The zero-order chi connectivity index (χ0) is 24.3. The molecule has 1 amide bonds. The van der Waals surface area contributed by atoms with E-state index in [-0.39, 0.29) is 16.1 Å². The minimum Gasteiger partial charge on any atom is -0.325 e. The topological polar surface area (TPSA) is 79.4 Å². The van der Waals surface area contributed by atoms with Gasteiger partial charge in [-0.05, 0) is 80.8 Å². The fraction of sp³-hybridized carbons (Fsp3) is 0.360. The number of benzene rings is 2. The van der Waals surface area contributed by atoms with Crippen molar-refractivity contribution in [2.45, 2.75) is 56.7 Å². The van der Waals surface area contributed by atoms with Gasteiger partial charge in [0.2, 0.25) is 15.9 Å². The van der Waals surface area contributed by atoms with Gasteiger partial charge in [0.25, 0.3) is 0 Å². The number of rotatable bonds is 8. The number of hydrogen-bond donors (Lipinski definition) is 1. The summed E-state index contributed by atoms with van der Waals surface area (Å²) in [5.41, 5.74) is 4.71. The van der Waals surface area contributed by atoms with Gasteiger partial charge in [0.05, 0.1) is 20.7 Å². The largest absolute Gasteiger partial charge is 0.325 e. The molecular formula is C25H31N3O3S2. The highest BCUT2D eigenvalue weighted by atomic mass is 32.2. The Kier molecular flexibility index (Phi) is 7.82. The first-order valence-corrected chi connectivity index (χ1v) is 13.3. The van der Waals surface area contributed by atoms with Crippen molar-refractivity contribution in [2.75, 3.05) is 18.4 Å². The predicted molar refractivity (Wildman–Crippen MR) is 136 cm³/mol. The molecule has 0 aliphatic carbocycles. The lowest BCUT2D eigenvalue weighted by molar-refractivity contribution is -0.115. The Morgan fingerprint density at radius 2 is 1.70 bits per heavy atom. The molecular weight excluding hydrogens is 454 g/mol. The van der Waals surface area contributed by atoms with Crippen LogP contribution in [0.3, 0.4) is 0 Å². The summed E-state index contributed by atoms with van der Waals surface area (Å²) in [6.07, 6.45) is 0. The molecule has 1 atom stereocenters. The maximum atomic E-state index is 12.9. The first kappa shape index (κ1) is 25.2. The number of carbonyl (C=O) groups is 1. The van der Waals surface area contributed by atoms with Crippen molar-refractivity contribution in [1.82, 2.24) is 9.29 Å². The number of amides is 1. The first-order valence-electron chi connectivity index (χ1n) is 11.0. The molecule has 0 aliphatic rings. The lowest BCUT2D eigenvalue weighted by Gasteiger charge is -2.19. The van der Waals surface area contributed by atoms with E-state index in [1.807, 2.05) is 65.8 Å². The van der Waals surface area contributed by atoms with Crippen LogP contribution in [0.15, 0.2) is 52.4 Å². The van der Waals surface area contributed by atoms with E-state index >= 15 is 0 Å². The van der Waals surface area contributed by atoms with E-state index in [1.165, 1.54) is 21.6 Å². The number of aromatic nitrogens is 1. The predicted octanol–water partition coefficient (Wildman–Crippen LogP) is 5.31. The molecule has 3 aromatic rings. The molecule has 1 heterocycles. The summed E-state index contributed by atoms with van der Waals surface area (Å²) < 4.78 is 27.2. The number of sulfonamides is 1. The van der Waals surface area contributed by atoms with Crippen molar-refractivity contribution in [3.05, 3.63) is 59.2 Å². The zero-order valence-corrected chi connectivity index (χ0v) is 21.6. The van der Waals surface area contributed by atoms with Crippen molar-refractivity contribution in [3.63, 3.8) is 0 Å². The number of hydrogen-bond acceptors (Lipinski definition) is 5. The van der Waals surface area contributed by atoms with Crippen LogP contribution in [0.4, 0.5) is 5.69 Å². The number of carbonyl (C=O) groups excluding carboxylic acids is 1. The van der Waals surface area contributed by atoms with Gasteiger partial charge in [-0.25, -0.2) is 13.4 Å². The van der Waals surface area contributed by atoms with Crippen LogP contribution in [0.2, 0.25) is 0 Å². The number of aryl methyl sites for hydroxylation is 3. The van der Waals surface area contributed by atoms with Gasteiger partial charge in [-0.1, -0.05) is 31.7 Å². The molecule has 176 valence electrons. The minimum absolute atomic E-state index is 0.0940. The minimum atomic E-state index is -3.54. The standard InChI is InChI=1S/C25H31N3O3S2/c1-7-28(8-2)33(30,31)21-11-12-23-22(15-21)18(5)14-24(27-23)32-19(6)25(29)26-20-10-9-16(3)17(4)13-20/h9-15,19H,7-8H2,1-6H3,(H,26,29). The molecule has 8 heteroatoms. The van der Waals surface area contributed by atoms with Crippen LogP contribution in [0.1, 0.15) is 37.5 Å². The van der Waals surface area contributed by atoms with E-state index in [0.717, 1.165) is 27.2 Å². The Morgan fingerprint density at radius 3 is 2.33 bits per heavy atom. The van der Waals surface area contributed by atoms with Gasteiger partial charge >= 0.3 is 0 Å². The molecule has 1 N–H and O–H groups in total. The molecule has 1 unspecified atom stereocenters. The lowest BCUT2D eigenvalue weighted by atomic mass is 10.1. The third-order valence-electron chi connectivity index (χ3n) is 5.75. The molecule has 0 radical (unpaired) electrons. The molecule has 3 rings (SSSR count). The monoisotopic (exact) mass is 485 g/mol. The van der Waals surface area contributed by atoms with E-state index in [1.54, 1.807) is 18.2 Å². The van der Waals surface area contributed by atoms with Crippen LogP contribution in [0.25, 0.3) is 10.9 Å². The highest BCUT2D eigenvalue weighted by Gasteiger charge is 2.22. The maximum absolute atomic E-state index is 12.9. The Bertz CT molecular complexity index is 1290. The van der Waals surface area contributed by atoms with E-state index in [2.05, 4.69) is 10.3 Å². The molecule has 0 fully saturated rings. The third-order valence-corrected chi connectivity index (χ3v) is 8.81. The van der Waals surface area contributed by atoms with Crippen molar-refractivity contribution >= 4 is 44.3 Å². The number of nitrogens with zero attached hydrogens (tertiary/aromatic N) is 2. The van der Waals surface area contributed by atoms with Gasteiger partial charge in [-0.15, -0.1) is 0 Å². The molecule has 33 heavy (non-hydrogen) atoms. The number of nitrogens with one attached hydrogen (secondary N) is 1. The Morgan fingerprint density at radius 1 is 1.00 bits per heavy atom.